The summed E-state index contributed by atoms with van der Waals surface area (Å²) in [6.45, 7) is 0.745. The largest absolute Gasteiger partial charge is 0.391 e. The van der Waals surface area contributed by atoms with Crippen molar-refractivity contribution in [3.63, 3.8) is 0 Å². The van der Waals surface area contributed by atoms with E-state index in [0.29, 0.717) is 13.0 Å². The standard InChI is InChI=1S/C20H20FN5O3/c21-16-4-2-1-3-15(16)20-24-18(29-25-20)5-6-19(28)26-11-13(17(27)12-26)9-14-10-22-7-8-23-14/h1-4,7-8,10,13,17,27H,5-6,9,11-12H2/t13-,17-/m1/s1. The Balaban J connectivity index is 1.32. The molecule has 0 bridgehead atoms. The van der Waals surface area contributed by atoms with Crippen molar-refractivity contribution in [2.45, 2.75) is 25.4 Å². The van der Waals surface area contributed by atoms with E-state index in [9.17, 15) is 14.3 Å². The molecule has 4 rings (SSSR count). The highest BCUT2D eigenvalue weighted by molar-refractivity contribution is 5.76. The second-order valence-corrected chi connectivity index (χ2v) is 7.02. The zero-order chi connectivity index (χ0) is 20.2. The Morgan fingerprint density at radius 1 is 1.28 bits per heavy atom. The molecule has 0 aliphatic carbocycles. The third-order valence-corrected chi connectivity index (χ3v) is 4.98. The second-order valence-electron chi connectivity index (χ2n) is 7.02. The molecule has 2 aromatic heterocycles. The number of aliphatic hydroxyl groups is 1. The summed E-state index contributed by atoms with van der Waals surface area (Å²) in [4.78, 5) is 26.6. The summed E-state index contributed by atoms with van der Waals surface area (Å²) in [6, 6.07) is 6.16. The molecule has 2 atom stereocenters. The average Bonchev–Trinajstić information content (AvgIpc) is 3.34. The lowest BCUT2D eigenvalue weighted by molar-refractivity contribution is -0.130. The van der Waals surface area contributed by atoms with E-state index >= 15 is 0 Å². The minimum Gasteiger partial charge on any atom is -0.391 e. The number of aliphatic hydroxyl groups excluding tert-OH is 1. The van der Waals surface area contributed by atoms with Crippen LogP contribution in [0.5, 0.6) is 0 Å². The fourth-order valence-corrected chi connectivity index (χ4v) is 3.44. The van der Waals surface area contributed by atoms with Crippen LogP contribution in [0.25, 0.3) is 11.4 Å². The molecule has 0 unspecified atom stereocenters. The van der Waals surface area contributed by atoms with Gasteiger partial charge in [0.1, 0.15) is 5.82 Å². The molecule has 1 aliphatic rings. The van der Waals surface area contributed by atoms with Gasteiger partial charge in [0.2, 0.25) is 17.6 Å². The van der Waals surface area contributed by atoms with Gasteiger partial charge >= 0.3 is 0 Å². The number of rotatable bonds is 6. The average molecular weight is 397 g/mol. The summed E-state index contributed by atoms with van der Waals surface area (Å²) in [5, 5.41) is 14.1. The summed E-state index contributed by atoms with van der Waals surface area (Å²) in [5.41, 5.74) is 1.04. The van der Waals surface area contributed by atoms with Crippen LogP contribution in [-0.2, 0) is 17.6 Å². The molecular weight excluding hydrogens is 377 g/mol. The first-order valence-electron chi connectivity index (χ1n) is 9.38. The Bertz CT molecular complexity index is 981. The molecule has 3 aromatic rings. The molecule has 1 amide bonds. The van der Waals surface area contributed by atoms with Crippen LogP contribution in [-0.4, -0.2) is 55.2 Å². The van der Waals surface area contributed by atoms with Crippen LogP contribution in [0.15, 0.2) is 47.4 Å². The van der Waals surface area contributed by atoms with E-state index in [1.165, 1.54) is 6.07 Å². The van der Waals surface area contributed by atoms with Gasteiger partial charge in [-0.15, -0.1) is 0 Å². The Labute approximate surface area is 166 Å². The molecule has 3 heterocycles. The second kappa shape index (κ2) is 8.44. The zero-order valence-electron chi connectivity index (χ0n) is 15.6. The molecule has 8 nitrogen and oxygen atoms in total. The lowest BCUT2D eigenvalue weighted by Crippen LogP contribution is -2.29. The first-order chi connectivity index (χ1) is 14.1. The third-order valence-electron chi connectivity index (χ3n) is 4.98. The van der Waals surface area contributed by atoms with E-state index in [1.807, 2.05) is 0 Å². The number of β-amino-alcohol motifs (C(OH)–C–C–N with tert-alkyl or cyclic N) is 1. The van der Waals surface area contributed by atoms with Crippen LogP contribution in [0.2, 0.25) is 0 Å². The molecule has 29 heavy (non-hydrogen) atoms. The van der Waals surface area contributed by atoms with Gasteiger partial charge in [0, 0.05) is 50.4 Å². The topological polar surface area (TPSA) is 105 Å². The van der Waals surface area contributed by atoms with Crippen molar-refractivity contribution >= 4 is 5.91 Å². The van der Waals surface area contributed by atoms with Gasteiger partial charge in [-0.1, -0.05) is 17.3 Å². The lowest BCUT2D eigenvalue weighted by Gasteiger charge is -2.15. The van der Waals surface area contributed by atoms with Crippen LogP contribution in [0.1, 0.15) is 18.0 Å². The molecule has 150 valence electrons. The number of nitrogens with zero attached hydrogens (tertiary/aromatic N) is 5. The summed E-state index contributed by atoms with van der Waals surface area (Å²) >= 11 is 0. The van der Waals surface area contributed by atoms with E-state index in [2.05, 4.69) is 20.1 Å². The van der Waals surface area contributed by atoms with Crippen molar-refractivity contribution < 1.29 is 18.8 Å². The maximum absolute atomic E-state index is 13.8. The molecule has 1 fully saturated rings. The van der Waals surface area contributed by atoms with Crippen LogP contribution >= 0.6 is 0 Å². The quantitative estimate of drug-likeness (QED) is 0.674. The van der Waals surface area contributed by atoms with E-state index in [-0.39, 0.29) is 48.5 Å². The summed E-state index contributed by atoms with van der Waals surface area (Å²) < 4.78 is 19.0. The Morgan fingerprint density at radius 3 is 2.93 bits per heavy atom. The fraction of sp³-hybridized carbons (Fsp3) is 0.350. The number of carbonyl (C=O) groups is 1. The smallest absolute Gasteiger partial charge is 0.227 e. The van der Waals surface area contributed by atoms with E-state index in [4.69, 9.17) is 4.52 Å². The van der Waals surface area contributed by atoms with Crippen molar-refractivity contribution in [1.29, 1.82) is 0 Å². The van der Waals surface area contributed by atoms with Gasteiger partial charge in [-0.05, 0) is 18.6 Å². The number of carbonyl (C=O) groups excluding carboxylic acids is 1. The minimum atomic E-state index is -0.600. The van der Waals surface area contributed by atoms with Gasteiger partial charge in [0.25, 0.3) is 0 Å². The van der Waals surface area contributed by atoms with E-state index < -0.39 is 11.9 Å². The lowest BCUT2D eigenvalue weighted by atomic mass is 10.0. The molecule has 0 radical (unpaired) electrons. The molecule has 1 N–H and O–H groups in total. The maximum Gasteiger partial charge on any atom is 0.227 e. The molecule has 0 saturated carbocycles. The number of hydrogen-bond acceptors (Lipinski definition) is 7. The summed E-state index contributed by atoms with van der Waals surface area (Å²) in [5.74, 6) is -0.183. The maximum atomic E-state index is 13.8. The molecule has 0 spiro atoms. The van der Waals surface area contributed by atoms with Crippen molar-refractivity contribution in [1.82, 2.24) is 25.0 Å². The monoisotopic (exact) mass is 397 g/mol. The Kier molecular flexibility index (Phi) is 5.57. The van der Waals surface area contributed by atoms with Crippen LogP contribution in [0.4, 0.5) is 4.39 Å². The van der Waals surface area contributed by atoms with Crippen molar-refractivity contribution in [3.05, 3.63) is 60.3 Å². The number of benzene rings is 1. The number of aryl methyl sites for hydroxylation is 1. The predicted octanol–water partition coefficient (Wildman–Crippen LogP) is 1.66. The van der Waals surface area contributed by atoms with Gasteiger partial charge in [-0.25, -0.2) is 4.39 Å². The van der Waals surface area contributed by atoms with Crippen molar-refractivity contribution in [3.8, 4) is 11.4 Å². The third kappa shape index (κ3) is 4.45. The summed E-state index contributed by atoms with van der Waals surface area (Å²) in [7, 11) is 0. The van der Waals surface area contributed by atoms with Gasteiger partial charge in [-0.2, -0.15) is 4.98 Å². The number of likely N-dealkylation sites (tertiary alicyclic amines) is 1. The predicted molar refractivity (Wildman–Crippen MR) is 99.8 cm³/mol. The highest BCUT2D eigenvalue weighted by Gasteiger charge is 2.34. The Hall–Kier alpha value is -3.20. The van der Waals surface area contributed by atoms with Crippen LogP contribution < -0.4 is 0 Å². The normalized spacial score (nSPS) is 18.9. The van der Waals surface area contributed by atoms with Crippen molar-refractivity contribution in [2.75, 3.05) is 13.1 Å². The minimum absolute atomic E-state index is 0.0771. The highest BCUT2D eigenvalue weighted by Crippen LogP contribution is 2.22. The molecule has 1 aromatic carbocycles. The van der Waals surface area contributed by atoms with Crippen molar-refractivity contribution in [2.24, 2.45) is 5.92 Å². The molecule has 1 aliphatic heterocycles. The molecular formula is C20H20FN5O3. The number of halogens is 1. The van der Waals surface area contributed by atoms with Gasteiger partial charge in [-0.3, -0.25) is 14.8 Å². The number of amides is 1. The Morgan fingerprint density at radius 2 is 2.14 bits per heavy atom. The van der Waals surface area contributed by atoms with Gasteiger partial charge in [0.15, 0.2) is 0 Å². The van der Waals surface area contributed by atoms with Gasteiger partial charge in [0.05, 0.1) is 17.4 Å². The highest BCUT2D eigenvalue weighted by atomic mass is 19.1. The van der Waals surface area contributed by atoms with Crippen LogP contribution in [0.3, 0.4) is 0 Å². The first kappa shape index (κ1) is 19.1. The fourth-order valence-electron chi connectivity index (χ4n) is 3.44. The van der Waals surface area contributed by atoms with Crippen LogP contribution in [0, 0.1) is 11.7 Å². The number of aromatic nitrogens is 4. The van der Waals surface area contributed by atoms with E-state index in [1.54, 1.807) is 41.7 Å². The first-order valence-corrected chi connectivity index (χ1v) is 9.38. The SMILES string of the molecule is O=C(CCc1nc(-c2ccccc2F)no1)N1C[C@@H](Cc2cnccn2)[C@H](O)C1. The zero-order valence-corrected chi connectivity index (χ0v) is 15.6. The van der Waals surface area contributed by atoms with E-state index in [0.717, 1.165) is 5.69 Å². The molecule has 9 heteroatoms. The summed E-state index contributed by atoms with van der Waals surface area (Å²) in [6.07, 6.45) is 5.26. The van der Waals surface area contributed by atoms with Gasteiger partial charge < -0.3 is 14.5 Å². The number of hydrogen-bond donors (Lipinski definition) is 1. The molecule has 1 saturated heterocycles.